The lowest BCUT2D eigenvalue weighted by atomic mass is 9.94. The Kier molecular flexibility index (Phi) is 10.5. The number of nitrogens with zero attached hydrogens (tertiary/aromatic N) is 1. The zero-order valence-electron chi connectivity index (χ0n) is 22.1. The molecular formula is C31H34Cl2N2O4. The molecule has 0 aliphatic heterocycles. The first-order valence-corrected chi connectivity index (χ1v) is 14.0. The maximum Gasteiger partial charge on any atom is 0.261 e. The smallest absolute Gasteiger partial charge is 0.261 e. The van der Waals surface area contributed by atoms with E-state index in [1.54, 1.807) is 48.4 Å². The molecule has 1 aliphatic carbocycles. The summed E-state index contributed by atoms with van der Waals surface area (Å²) in [5, 5.41) is 4.05. The third-order valence-corrected chi connectivity index (χ3v) is 7.72. The third-order valence-electron chi connectivity index (χ3n) is 6.98. The third kappa shape index (κ3) is 8.38. The lowest BCUT2D eigenvalue weighted by Gasteiger charge is -2.33. The molecule has 3 aromatic carbocycles. The van der Waals surface area contributed by atoms with Crippen molar-refractivity contribution in [2.45, 2.75) is 57.2 Å². The molecule has 1 atom stereocenters. The molecule has 1 aliphatic rings. The minimum atomic E-state index is -0.740. The van der Waals surface area contributed by atoms with Gasteiger partial charge >= 0.3 is 0 Å². The summed E-state index contributed by atoms with van der Waals surface area (Å²) >= 11 is 12.4. The molecule has 0 radical (unpaired) electrons. The summed E-state index contributed by atoms with van der Waals surface area (Å²) < 4.78 is 11.0. The van der Waals surface area contributed by atoms with Crippen molar-refractivity contribution < 1.29 is 19.1 Å². The molecule has 8 heteroatoms. The Morgan fingerprint density at radius 2 is 1.59 bits per heavy atom. The van der Waals surface area contributed by atoms with Gasteiger partial charge in [0, 0.05) is 19.0 Å². The van der Waals surface area contributed by atoms with E-state index >= 15 is 0 Å². The molecule has 3 aromatic rings. The SMILES string of the molecule is COc1ccc(OCC(=O)N(Cc2ccc(Cl)c(Cl)c2)[C@@H](Cc2ccccc2)C(=O)NC2CCCCC2)cc1. The average Bonchev–Trinajstić information content (AvgIpc) is 2.96. The van der Waals surface area contributed by atoms with E-state index in [0.29, 0.717) is 28.0 Å². The number of methoxy groups -OCH3 is 1. The first-order chi connectivity index (χ1) is 18.9. The summed E-state index contributed by atoms with van der Waals surface area (Å²) in [6.45, 7) is -0.0487. The second-order valence-corrected chi connectivity index (χ2v) is 10.6. The van der Waals surface area contributed by atoms with E-state index in [2.05, 4.69) is 5.32 Å². The van der Waals surface area contributed by atoms with Gasteiger partial charge in [0.1, 0.15) is 17.5 Å². The first-order valence-electron chi connectivity index (χ1n) is 13.3. The highest BCUT2D eigenvalue weighted by molar-refractivity contribution is 6.42. The molecular weight excluding hydrogens is 535 g/mol. The highest BCUT2D eigenvalue weighted by atomic mass is 35.5. The molecule has 6 nitrogen and oxygen atoms in total. The van der Waals surface area contributed by atoms with E-state index in [-0.39, 0.29) is 31.0 Å². The van der Waals surface area contributed by atoms with E-state index in [9.17, 15) is 9.59 Å². The molecule has 0 unspecified atom stereocenters. The Morgan fingerprint density at radius 1 is 0.897 bits per heavy atom. The quantitative estimate of drug-likeness (QED) is 0.288. The number of carbonyl (C=O) groups is 2. The summed E-state index contributed by atoms with van der Waals surface area (Å²) in [6.07, 6.45) is 5.64. The number of halogens is 2. The van der Waals surface area contributed by atoms with Crippen molar-refractivity contribution >= 4 is 35.0 Å². The van der Waals surface area contributed by atoms with Gasteiger partial charge in [-0.3, -0.25) is 9.59 Å². The summed E-state index contributed by atoms with van der Waals surface area (Å²) in [5.41, 5.74) is 1.73. The Balaban J connectivity index is 1.61. The maximum atomic E-state index is 13.8. The molecule has 0 spiro atoms. The lowest BCUT2D eigenvalue weighted by molar-refractivity contribution is -0.143. The Hall–Kier alpha value is -3.22. The van der Waals surface area contributed by atoms with E-state index in [1.165, 1.54) is 6.42 Å². The van der Waals surface area contributed by atoms with E-state index in [1.807, 2.05) is 36.4 Å². The fourth-order valence-corrected chi connectivity index (χ4v) is 5.15. The minimum Gasteiger partial charge on any atom is -0.497 e. The van der Waals surface area contributed by atoms with Gasteiger partial charge in [-0.1, -0.05) is 78.9 Å². The van der Waals surface area contributed by atoms with Gasteiger partial charge in [0.15, 0.2) is 6.61 Å². The molecule has 0 aromatic heterocycles. The van der Waals surface area contributed by atoms with Crippen molar-refractivity contribution in [1.82, 2.24) is 10.2 Å². The van der Waals surface area contributed by atoms with Crippen LogP contribution < -0.4 is 14.8 Å². The minimum absolute atomic E-state index is 0.113. The molecule has 1 saturated carbocycles. The fraction of sp³-hybridized carbons (Fsp3) is 0.355. The highest BCUT2D eigenvalue weighted by Crippen LogP contribution is 2.25. The van der Waals surface area contributed by atoms with E-state index in [0.717, 1.165) is 36.8 Å². The summed E-state index contributed by atoms with van der Waals surface area (Å²) in [6, 6.07) is 21.4. The monoisotopic (exact) mass is 568 g/mol. The van der Waals surface area contributed by atoms with E-state index < -0.39 is 6.04 Å². The van der Waals surface area contributed by atoms with Crippen molar-refractivity contribution in [2.75, 3.05) is 13.7 Å². The van der Waals surface area contributed by atoms with Gasteiger partial charge in [-0.05, 0) is 60.4 Å². The standard InChI is InChI=1S/C31H34Cl2N2O4/c1-38-25-13-15-26(16-14-25)39-21-30(36)35(20-23-12-17-27(32)28(33)18-23)29(19-22-8-4-2-5-9-22)31(37)34-24-10-6-3-7-11-24/h2,4-5,8-9,12-18,24,29H,3,6-7,10-11,19-21H2,1H3,(H,34,37)/t29-/m0/s1. The van der Waals surface area contributed by atoms with Gasteiger partial charge in [-0.25, -0.2) is 0 Å². The normalized spacial score (nSPS) is 14.3. The molecule has 0 heterocycles. The van der Waals surface area contributed by atoms with Crippen molar-refractivity contribution in [3.05, 3.63) is 94.0 Å². The van der Waals surface area contributed by atoms with Crippen LogP contribution in [0.5, 0.6) is 11.5 Å². The van der Waals surface area contributed by atoms with Gasteiger partial charge < -0.3 is 19.7 Å². The van der Waals surface area contributed by atoms with Crippen LogP contribution in [0.25, 0.3) is 0 Å². The van der Waals surface area contributed by atoms with Crippen LogP contribution >= 0.6 is 23.2 Å². The second kappa shape index (κ2) is 14.2. The highest BCUT2D eigenvalue weighted by Gasteiger charge is 2.32. The van der Waals surface area contributed by atoms with E-state index in [4.69, 9.17) is 32.7 Å². The number of hydrogen-bond donors (Lipinski definition) is 1. The number of carbonyl (C=O) groups excluding carboxylic acids is 2. The van der Waals surface area contributed by atoms with Crippen LogP contribution in [-0.2, 0) is 22.6 Å². The Bertz CT molecular complexity index is 1230. The van der Waals surface area contributed by atoms with Crippen molar-refractivity contribution in [2.24, 2.45) is 0 Å². The van der Waals surface area contributed by atoms with Crippen molar-refractivity contribution in [1.29, 1.82) is 0 Å². The Morgan fingerprint density at radius 3 is 2.26 bits per heavy atom. The topological polar surface area (TPSA) is 67.9 Å². The fourth-order valence-electron chi connectivity index (χ4n) is 4.83. The second-order valence-electron chi connectivity index (χ2n) is 9.78. The molecule has 1 fully saturated rings. The number of ether oxygens (including phenoxy) is 2. The van der Waals surface area contributed by atoms with Gasteiger partial charge in [0.05, 0.1) is 17.2 Å². The largest absolute Gasteiger partial charge is 0.497 e. The molecule has 2 amide bonds. The van der Waals surface area contributed by atoms with Crippen LogP contribution in [0.15, 0.2) is 72.8 Å². The average molecular weight is 570 g/mol. The van der Waals surface area contributed by atoms with Gasteiger partial charge in [-0.2, -0.15) is 0 Å². The summed E-state index contributed by atoms with van der Waals surface area (Å²) in [7, 11) is 1.59. The predicted octanol–water partition coefficient (Wildman–Crippen LogP) is 6.47. The number of benzene rings is 3. The number of rotatable bonds is 11. The molecule has 4 rings (SSSR count). The summed E-state index contributed by atoms with van der Waals surface area (Å²) in [5.74, 6) is 0.752. The zero-order chi connectivity index (χ0) is 27.6. The number of nitrogens with one attached hydrogen (secondary N) is 1. The molecule has 0 bridgehead atoms. The zero-order valence-corrected chi connectivity index (χ0v) is 23.6. The summed E-state index contributed by atoms with van der Waals surface area (Å²) in [4.78, 5) is 29.2. The number of hydrogen-bond acceptors (Lipinski definition) is 4. The van der Waals surface area contributed by atoms with Crippen molar-refractivity contribution in [3.8, 4) is 11.5 Å². The molecule has 1 N–H and O–H groups in total. The Labute approximate surface area is 240 Å². The van der Waals surface area contributed by atoms with Crippen LogP contribution in [0.1, 0.15) is 43.2 Å². The van der Waals surface area contributed by atoms with Gasteiger partial charge in [-0.15, -0.1) is 0 Å². The number of amides is 2. The maximum absolute atomic E-state index is 13.8. The first kappa shape index (κ1) is 28.8. The van der Waals surface area contributed by atoms with Gasteiger partial charge in [0.2, 0.25) is 5.91 Å². The van der Waals surface area contributed by atoms with Crippen LogP contribution in [0.4, 0.5) is 0 Å². The van der Waals surface area contributed by atoms with Crippen LogP contribution in [0.3, 0.4) is 0 Å². The predicted molar refractivity (Wildman–Crippen MR) is 154 cm³/mol. The molecule has 206 valence electrons. The van der Waals surface area contributed by atoms with Crippen LogP contribution in [0.2, 0.25) is 10.0 Å². The van der Waals surface area contributed by atoms with Crippen LogP contribution in [-0.4, -0.2) is 42.5 Å². The van der Waals surface area contributed by atoms with Crippen LogP contribution in [0, 0.1) is 0 Å². The molecule has 39 heavy (non-hydrogen) atoms. The lowest BCUT2D eigenvalue weighted by Crippen LogP contribution is -2.53. The van der Waals surface area contributed by atoms with Gasteiger partial charge in [0.25, 0.3) is 5.91 Å². The molecule has 0 saturated heterocycles. The van der Waals surface area contributed by atoms with Crippen molar-refractivity contribution in [3.63, 3.8) is 0 Å².